The Balaban J connectivity index is 2.00. The van der Waals surface area contributed by atoms with E-state index in [1.54, 1.807) is 5.32 Å². The molecule has 2 amide bonds. The number of sulfonamides is 1. The molecule has 144 valence electrons. The third kappa shape index (κ3) is 6.29. The molecule has 0 aliphatic rings. The zero-order chi connectivity index (χ0) is 20.2. The minimum absolute atomic E-state index is 0.0773. The van der Waals surface area contributed by atoms with Crippen molar-refractivity contribution in [2.45, 2.75) is 6.18 Å². The van der Waals surface area contributed by atoms with Gasteiger partial charge in [-0.25, -0.2) is 8.42 Å². The third-order valence-electron chi connectivity index (χ3n) is 3.11. The fraction of sp³-hybridized carbons (Fsp3) is 0.125. The third-order valence-corrected chi connectivity index (χ3v) is 3.71. The lowest BCUT2D eigenvalue weighted by atomic mass is 10.2. The highest BCUT2D eigenvalue weighted by Gasteiger charge is 2.38. The lowest BCUT2D eigenvalue weighted by Gasteiger charge is -2.10. The fourth-order valence-corrected chi connectivity index (χ4v) is 2.51. The minimum Gasteiger partial charge on any atom is -0.322 e. The van der Waals surface area contributed by atoms with Gasteiger partial charge in [-0.1, -0.05) is 0 Å². The summed E-state index contributed by atoms with van der Waals surface area (Å²) in [4.78, 5) is 23.0. The molecule has 11 heteroatoms. The molecule has 27 heavy (non-hydrogen) atoms. The molecular formula is C16H14F3N3O4S. The Hall–Kier alpha value is -3.08. The van der Waals surface area contributed by atoms with Crippen molar-refractivity contribution in [3.05, 3.63) is 54.1 Å². The van der Waals surface area contributed by atoms with Crippen molar-refractivity contribution in [1.29, 1.82) is 0 Å². The zero-order valence-electron chi connectivity index (χ0n) is 13.8. The fourth-order valence-electron chi connectivity index (χ4n) is 1.95. The van der Waals surface area contributed by atoms with Gasteiger partial charge in [-0.05, 0) is 48.5 Å². The van der Waals surface area contributed by atoms with Crippen LogP contribution in [0.3, 0.4) is 0 Å². The summed E-state index contributed by atoms with van der Waals surface area (Å²) in [5, 5.41) is 4.21. The van der Waals surface area contributed by atoms with Crippen LogP contribution in [-0.4, -0.2) is 32.7 Å². The Morgan fingerprint density at radius 1 is 0.815 bits per heavy atom. The van der Waals surface area contributed by atoms with E-state index in [9.17, 15) is 31.2 Å². The molecule has 2 aromatic carbocycles. The number of alkyl halides is 3. The Labute approximate surface area is 152 Å². The molecular weight excluding hydrogens is 387 g/mol. The summed E-state index contributed by atoms with van der Waals surface area (Å²) >= 11 is 0. The quantitative estimate of drug-likeness (QED) is 0.717. The van der Waals surface area contributed by atoms with Crippen molar-refractivity contribution in [3.8, 4) is 0 Å². The standard InChI is InChI=1S/C16H14F3N3O4S/c1-27(25,26)22-13-4-2-10(3-5-13)14(23)20-11-6-8-12(9-7-11)21-15(24)16(17,18)19/h2-9,22H,1H3,(H,20,23)(H,21,24). The number of hydrogen-bond acceptors (Lipinski definition) is 4. The van der Waals surface area contributed by atoms with Crippen LogP contribution in [0, 0.1) is 0 Å². The number of carbonyl (C=O) groups is 2. The number of amides is 2. The number of halogens is 3. The summed E-state index contributed by atoms with van der Waals surface area (Å²) in [5.41, 5.74) is 0.747. The van der Waals surface area contributed by atoms with E-state index in [2.05, 4.69) is 10.0 Å². The molecule has 0 atom stereocenters. The molecule has 0 aliphatic heterocycles. The Kier molecular flexibility index (Phi) is 5.74. The van der Waals surface area contributed by atoms with Crippen LogP contribution in [0.2, 0.25) is 0 Å². The Morgan fingerprint density at radius 2 is 1.26 bits per heavy atom. The van der Waals surface area contributed by atoms with Crippen LogP contribution < -0.4 is 15.4 Å². The number of rotatable bonds is 5. The highest BCUT2D eigenvalue weighted by atomic mass is 32.2. The molecule has 0 heterocycles. The monoisotopic (exact) mass is 401 g/mol. The second-order valence-corrected chi connectivity index (χ2v) is 7.18. The largest absolute Gasteiger partial charge is 0.471 e. The lowest BCUT2D eigenvalue weighted by Crippen LogP contribution is -2.29. The molecule has 0 aromatic heterocycles. The van der Waals surface area contributed by atoms with Crippen LogP contribution in [0.15, 0.2) is 48.5 Å². The highest BCUT2D eigenvalue weighted by molar-refractivity contribution is 7.92. The minimum atomic E-state index is -5.00. The summed E-state index contributed by atoms with van der Waals surface area (Å²) in [6.45, 7) is 0. The normalized spacial score (nSPS) is 11.6. The first-order valence-electron chi connectivity index (χ1n) is 7.31. The molecule has 3 N–H and O–H groups in total. The Morgan fingerprint density at radius 3 is 1.70 bits per heavy atom. The van der Waals surface area contributed by atoms with Crippen molar-refractivity contribution in [1.82, 2.24) is 0 Å². The van der Waals surface area contributed by atoms with Gasteiger partial charge < -0.3 is 10.6 Å². The van der Waals surface area contributed by atoms with E-state index in [1.807, 2.05) is 0 Å². The summed E-state index contributed by atoms with van der Waals surface area (Å²) in [7, 11) is -3.43. The van der Waals surface area contributed by atoms with Gasteiger partial charge >= 0.3 is 12.1 Å². The van der Waals surface area contributed by atoms with Crippen LogP contribution in [0.5, 0.6) is 0 Å². The van der Waals surface area contributed by atoms with Gasteiger partial charge in [0.25, 0.3) is 5.91 Å². The molecule has 2 aromatic rings. The van der Waals surface area contributed by atoms with E-state index in [1.165, 1.54) is 48.5 Å². The van der Waals surface area contributed by atoms with E-state index >= 15 is 0 Å². The van der Waals surface area contributed by atoms with Crippen LogP contribution in [0.25, 0.3) is 0 Å². The van der Waals surface area contributed by atoms with Crippen molar-refractivity contribution >= 4 is 38.9 Å². The molecule has 7 nitrogen and oxygen atoms in total. The number of anilines is 3. The van der Waals surface area contributed by atoms with Gasteiger partial charge in [-0.2, -0.15) is 13.2 Å². The summed E-state index contributed by atoms with van der Waals surface area (Å²) in [5.74, 6) is -2.60. The predicted octanol–water partition coefficient (Wildman–Crippen LogP) is 2.81. The number of carbonyl (C=O) groups excluding carboxylic acids is 2. The van der Waals surface area contributed by atoms with Crippen molar-refractivity contribution in [2.24, 2.45) is 0 Å². The van der Waals surface area contributed by atoms with E-state index in [4.69, 9.17) is 0 Å². The Bertz CT molecular complexity index is 940. The van der Waals surface area contributed by atoms with Crippen molar-refractivity contribution < 1.29 is 31.2 Å². The maximum Gasteiger partial charge on any atom is 0.471 e. The summed E-state index contributed by atoms with van der Waals surface area (Å²) in [6.07, 6.45) is -4.00. The van der Waals surface area contributed by atoms with Crippen LogP contribution in [-0.2, 0) is 14.8 Å². The molecule has 0 unspecified atom stereocenters. The summed E-state index contributed by atoms with van der Waals surface area (Å²) < 4.78 is 61.1. The molecule has 0 spiro atoms. The average Bonchev–Trinajstić information content (AvgIpc) is 2.55. The first kappa shape index (κ1) is 20.2. The molecule has 2 rings (SSSR count). The first-order valence-corrected chi connectivity index (χ1v) is 9.21. The second kappa shape index (κ2) is 7.66. The second-order valence-electron chi connectivity index (χ2n) is 5.43. The number of nitrogens with one attached hydrogen (secondary N) is 3. The van der Waals surface area contributed by atoms with Gasteiger partial charge in [0.1, 0.15) is 0 Å². The van der Waals surface area contributed by atoms with E-state index < -0.39 is 28.0 Å². The molecule has 0 bridgehead atoms. The van der Waals surface area contributed by atoms with Crippen LogP contribution in [0.1, 0.15) is 10.4 Å². The van der Waals surface area contributed by atoms with Crippen molar-refractivity contribution in [2.75, 3.05) is 21.6 Å². The average molecular weight is 401 g/mol. The van der Waals surface area contributed by atoms with E-state index in [0.29, 0.717) is 11.4 Å². The molecule has 0 fully saturated rings. The molecule has 0 saturated heterocycles. The number of hydrogen-bond donors (Lipinski definition) is 3. The SMILES string of the molecule is CS(=O)(=O)Nc1ccc(C(=O)Nc2ccc(NC(=O)C(F)(F)F)cc2)cc1. The molecule has 0 aliphatic carbocycles. The van der Waals surface area contributed by atoms with Gasteiger partial charge in [0, 0.05) is 22.6 Å². The topological polar surface area (TPSA) is 104 Å². The van der Waals surface area contributed by atoms with Gasteiger partial charge in [-0.3, -0.25) is 14.3 Å². The van der Waals surface area contributed by atoms with Gasteiger partial charge in [0.15, 0.2) is 0 Å². The predicted molar refractivity (Wildman–Crippen MR) is 94.0 cm³/mol. The van der Waals surface area contributed by atoms with Crippen LogP contribution >= 0.6 is 0 Å². The molecule has 0 radical (unpaired) electrons. The highest BCUT2D eigenvalue weighted by Crippen LogP contribution is 2.20. The number of benzene rings is 2. The van der Waals surface area contributed by atoms with Crippen molar-refractivity contribution in [3.63, 3.8) is 0 Å². The van der Waals surface area contributed by atoms with Gasteiger partial charge in [0.05, 0.1) is 6.26 Å². The lowest BCUT2D eigenvalue weighted by molar-refractivity contribution is -0.167. The maximum absolute atomic E-state index is 12.2. The van der Waals surface area contributed by atoms with Gasteiger partial charge in [0.2, 0.25) is 10.0 Å². The van der Waals surface area contributed by atoms with E-state index in [-0.39, 0.29) is 11.3 Å². The molecule has 0 saturated carbocycles. The van der Waals surface area contributed by atoms with Crippen LogP contribution in [0.4, 0.5) is 30.2 Å². The zero-order valence-corrected chi connectivity index (χ0v) is 14.6. The first-order chi connectivity index (χ1) is 12.4. The smallest absolute Gasteiger partial charge is 0.322 e. The van der Waals surface area contributed by atoms with E-state index in [0.717, 1.165) is 6.26 Å². The maximum atomic E-state index is 12.2. The van der Waals surface area contributed by atoms with Gasteiger partial charge in [-0.15, -0.1) is 0 Å². The summed E-state index contributed by atoms with van der Waals surface area (Å²) in [6, 6.07) is 10.7.